The normalized spacial score (nSPS) is 9.86. The molecule has 0 aliphatic heterocycles. The molecule has 0 aliphatic rings. The average Bonchev–Trinajstić information content (AvgIpc) is 2.88. The van der Waals surface area contributed by atoms with E-state index in [-0.39, 0.29) is 12.4 Å². The minimum absolute atomic E-state index is 0.0212. The van der Waals surface area contributed by atoms with Crippen molar-refractivity contribution in [2.45, 2.75) is 13.3 Å². The van der Waals surface area contributed by atoms with Crippen LogP contribution in [0.5, 0.6) is 0 Å². The summed E-state index contributed by atoms with van der Waals surface area (Å²) in [5.74, 6) is 5.36. The number of halogens is 1. The SMILES string of the molecule is Cc1cc(C(=O)Nc2ccc(Cl)cc2C#CCCO)on1. The highest BCUT2D eigenvalue weighted by atomic mass is 35.5. The number of hydrogen-bond donors (Lipinski definition) is 2. The Morgan fingerprint density at radius 2 is 2.29 bits per heavy atom. The van der Waals surface area contributed by atoms with E-state index in [2.05, 4.69) is 22.3 Å². The summed E-state index contributed by atoms with van der Waals surface area (Å²) in [7, 11) is 0. The zero-order chi connectivity index (χ0) is 15.2. The fourth-order valence-electron chi connectivity index (χ4n) is 1.60. The topological polar surface area (TPSA) is 75.4 Å². The van der Waals surface area contributed by atoms with Crippen LogP contribution in [0.4, 0.5) is 5.69 Å². The number of aryl methyl sites for hydroxylation is 1. The maximum atomic E-state index is 12.0. The monoisotopic (exact) mass is 304 g/mol. The van der Waals surface area contributed by atoms with Gasteiger partial charge in [0.15, 0.2) is 0 Å². The van der Waals surface area contributed by atoms with Crippen LogP contribution < -0.4 is 5.32 Å². The Morgan fingerprint density at radius 1 is 1.48 bits per heavy atom. The number of carbonyl (C=O) groups excluding carboxylic acids is 1. The number of nitrogens with zero attached hydrogens (tertiary/aromatic N) is 1. The van der Waals surface area contributed by atoms with Crippen LogP contribution in [0, 0.1) is 18.8 Å². The Hall–Kier alpha value is -2.29. The summed E-state index contributed by atoms with van der Waals surface area (Å²) in [4.78, 5) is 12.0. The maximum Gasteiger partial charge on any atom is 0.294 e. The fraction of sp³-hybridized carbons (Fsp3) is 0.200. The van der Waals surface area contributed by atoms with Crippen LogP contribution in [-0.2, 0) is 0 Å². The highest BCUT2D eigenvalue weighted by Crippen LogP contribution is 2.20. The van der Waals surface area contributed by atoms with Crippen molar-refractivity contribution in [2.75, 3.05) is 11.9 Å². The van der Waals surface area contributed by atoms with Gasteiger partial charge in [0.2, 0.25) is 5.76 Å². The number of aliphatic hydroxyl groups excluding tert-OH is 1. The average molecular weight is 305 g/mol. The second-order valence-electron chi connectivity index (χ2n) is 4.25. The lowest BCUT2D eigenvalue weighted by Crippen LogP contribution is -2.12. The van der Waals surface area contributed by atoms with E-state index < -0.39 is 5.91 Å². The summed E-state index contributed by atoms with van der Waals surface area (Å²) < 4.78 is 4.90. The molecule has 1 aromatic carbocycles. The highest BCUT2D eigenvalue weighted by Gasteiger charge is 2.13. The van der Waals surface area contributed by atoms with E-state index in [0.29, 0.717) is 28.4 Å². The van der Waals surface area contributed by atoms with Gasteiger partial charge in [-0.15, -0.1) is 0 Å². The summed E-state index contributed by atoms with van der Waals surface area (Å²) in [6.45, 7) is 1.71. The van der Waals surface area contributed by atoms with Crippen molar-refractivity contribution in [2.24, 2.45) is 0 Å². The second kappa shape index (κ2) is 6.93. The van der Waals surface area contributed by atoms with Crippen LogP contribution in [0.2, 0.25) is 5.02 Å². The Kier molecular flexibility index (Phi) is 4.99. The smallest absolute Gasteiger partial charge is 0.294 e. The number of anilines is 1. The molecule has 2 N–H and O–H groups in total. The lowest BCUT2D eigenvalue weighted by molar-refractivity contribution is 0.0988. The highest BCUT2D eigenvalue weighted by molar-refractivity contribution is 6.30. The molecule has 0 atom stereocenters. The molecule has 6 heteroatoms. The molecule has 2 aromatic rings. The van der Waals surface area contributed by atoms with Gasteiger partial charge in [-0.2, -0.15) is 0 Å². The Balaban J connectivity index is 2.23. The Morgan fingerprint density at radius 3 is 2.95 bits per heavy atom. The number of amides is 1. The first-order valence-electron chi connectivity index (χ1n) is 6.24. The molecule has 0 saturated heterocycles. The molecule has 21 heavy (non-hydrogen) atoms. The van der Waals surface area contributed by atoms with Crippen molar-refractivity contribution in [3.05, 3.63) is 46.3 Å². The molecule has 0 radical (unpaired) electrons. The molecule has 0 aliphatic carbocycles. The van der Waals surface area contributed by atoms with Gasteiger partial charge in [0, 0.05) is 23.1 Å². The molecule has 108 valence electrons. The molecule has 0 bridgehead atoms. The first-order chi connectivity index (χ1) is 10.1. The van der Waals surface area contributed by atoms with Gasteiger partial charge in [-0.1, -0.05) is 28.6 Å². The molecule has 1 aromatic heterocycles. The number of benzene rings is 1. The molecule has 1 heterocycles. The van der Waals surface area contributed by atoms with Gasteiger partial charge in [0.05, 0.1) is 18.0 Å². The van der Waals surface area contributed by atoms with E-state index in [4.69, 9.17) is 21.2 Å². The van der Waals surface area contributed by atoms with Gasteiger partial charge in [0.25, 0.3) is 5.91 Å². The van der Waals surface area contributed by atoms with E-state index in [9.17, 15) is 4.79 Å². The summed E-state index contributed by atoms with van der Waals surface area (Å²) >= 11 is 5.93. The molecular weight excluding hydrogens is 292 g/mol. The Labute approximate surface area is 126 Å². The lowest BCUT2D eigenvalue weighted by Gasteiger charge is -2.06. The predicted molar refractivity (Wildman–Crippen MR) is 79.2 cm³/mol. The van der Waals surface area contributed by atoms with E-state index >= 15 is 0 Å². The first kappa shape index (κ1) is 15.1. The predicted octanol–water partition coefficient (Wildman–Crippen LogP) is 2.62. The molecule has 5 nitrogen and oxygen atoms in total. The first-order valence-corrected chi connectivity index (χ1v) is 6.62. The third-order valence-corrected chi connectivity index (χ3v) is 2.78. The van der Waals surface area contributed by atoms with Gasteiger partial charge in [-0.25, -0.2) is 0 Å². The molecule has 2 rings (SSSR count). The van der Waals surface area contributed by atoms with Crippen LogP contribution in [0.3, 0.4) is 0 Å². The summed E-state index contributed by atoms with van der Waals surface area (Å²) in [6, 6.07) is 6.50. The summed E-state index contributed by atoms with van der Waals surface area (Å²) in [5, 5.41) is 15.6. The van der Waals surface area contributed by atoms with E-state index in [1.165, 1.54) is 0 Å². The van der Waals surface area contributed by atoms with Crippen molar-refractivity contribution in [3.63, 3.8) is 0 Å². The van der Waals surface area contributed by atoms with Gasteiger partial charge in [-0.3, -0.25) is 4.79 Å². The number of rotatable bonds is 3. The third kappa shape index (κ3) is 4.09. The number of carbonyl (C=O) groups is 1. The molecule has 0 saturated carbocycles. The standard InChI is InChI=1S/C15H13ClN2O3/c1-10-8-14(21-18-10)15(20)17-13-6-5-12(16)9-11(13)4-2-3-7-19/h5-6,8-9,19H,3,7H2,1H3,(H,17,20). The van der Waals surface area contributed by atoms with Crippen LogP contribution in [-0.4, -0.2) is 22.8 Å². The quantitative estimate of drug-likeness (QED) is 0.855. The van der Waals surface area contributed by atoms with Crippen molar-refractivity contribution in [1.82, 2.24) is 5.16 Å². The van der Waals surface area contributed by atoms with Crippen molar-refractivity contribution in [3.8, 4) is 11.8 Å². The van der Waals surface area contributed by atoms with Crippen molar-refractivity contribution < 1.29 is 14.4 Å². The molecular formula is C15H13ClN2O3. The van der Waals surface area contributed by atoms with E-state index in [0.717, 1.165) is 0 Å². The van der Waals surface area contributed by atoms with E-state index in [1.807, 2.05) is 0 Å². The second-order valence-corrected chi connectivity index (χ2v) is 4.69. The third-order valence-electron chi connectivity index (χ3n) is 2.54. The number of aromatic nitrogens is 1. The zero-order valence-electron chi connectivity index (χ0n) is 11.3. The lowest BCUT2D eigenvalue weighted by atomic mass is 10.1. The molecule has 1 amide bonds. The zero-order valence-corrected chi connectivity index (χ0v) is 12.1. The summed E-state index contributed by atoms with van der Waals surface area (Å²) in [6.07, 6.45) is 0.348. The van der Waals surface area contributed by atoms with Gasteiger partial charge in [-0.05, 0) is 25.1 Å². The largest absolute Gasteiger partial charge is 0.395 e. The van der Waals surface area contributed by atoms with Crippen LogP contribution in [0.15, 0.2) is 28.8 Å². The van der Waals surface area contributed by atoms with Crippen molar-refractivity contribution in [1.29, 1.82) is 0 Å². The van der Waals surface area contributed by atoms with E-state index in [1.54, 1.807) is 31.2 Å². The maximum absolute atomic E-state index is 12.0. The van der Waals surface area contributed by atoms with Crippen LogP contribution in [0.25, 0.3) is 0 Å². The van der Waals surface area contributed by atoms with Crippen LogP contribution in [0.1, 0.15) is 28.2 Å². The molecule has 0 fully saturated rings. The number of nitrogens with one attached hydrogen (secondary N) is 1. The summed E-state index contributed by atoms with van der Waals surface area (Å²) in [5.41, 5.74) is 1.71. The molecule has 0 spiro atoms. The van der Waals surface area contributed by atoms with Crippen LogP contribution >= 0.6 is 11.6 Å². The molecule has 0 unspecified atom stereocenters. The fourth-order valence-corrected chi connectivity index (χ4v) is 1.77. The number of aliphatic hydroxyl groups is 1. The van der Waals surface area contributed by atoms with Gasteiger partial charge < -0.3 is 14.9 Å². The van der Waals surface area contributed by atoms with Crippen molar-refractivity contribution >= 4 is 23.2 Å². The Bertz CT molecular complexity index is 713. The minimum atomic E-state index is -0.414. The minimum Gasteiger partial charge on any atom is -0.395 e. The van der Waals surface area contributed by atoms with Gasteiger partial charge >= 0.3 is 0 Å². The van der Waals surface area contributed by atoms with Gasteiger partial charge in [0.1, 0.15) is 0 Å². The number of hydrogen-bond acceptors (Lipinski definition) is 4.